The van der Waals surface area contributed by atoms with Crippen LogP contribution in [0.2, 0.25) is 0 Å². The quantitative estimate of drug-likeness (QED) is 0.409. The summed E-state index contributed by atoms with van der Waals surface area (Å²) >= 11 is 0. The van der Waals surface area contributed by atoms with E-state index in [0.717, 1.165) is 37.5 Å². The summed E-state index contributed by atoms with van der Waals surface area (Å²) in [6.45, 7) is 3.19. The Morgan fingerprint density at radius 3 is 2.67 bits per heavy atom. The predicted octanol–water partition coefficient (Wildman–Crippen LogP) is 2.91. The van der Waals surface area contributed by atoms with E-state index in [1.54, 1.807) is 5.01 Å². The molecule has 0 spiro atoms. The molecule has 1 amide bonds. The second-order valence-electron chi connectivity index (χ2n) is 4.85. The molecule has 0 heterocycles. The lowest BCUT2D eigenvalue weighted by atomic mass is 10.2. The fraction of sp³-hybridized carbons (Fsp3) is 0.500. The largest absolute Gasteiger partial charge is 0.444 e. The van der Waals surface area contributed by atoms with Crippen LogP contribution < -0.4 is 5.43 Å². The first-order chi connectivity index (χ1) is 10.3. The van der Waals surface area contributed by atoms with Gasteiger partial charge in [0.1, 0.15) is 12.9 Å². The second kappa shape index (κ2) is 10.9. The third-order valence-corrected chi connectivity index (χ3v) is 3.04. The standard InChI is InChI=1S/C16H24N2O3/c1-2-3-4-8-11-18(12-13-19)17-16(20)21-14-15-9-6-5-7-10-15/h5-7,9-10,13H,2-4,8,11-12,14H2,1H3,(H,17,20). The predicted molar refractivity (Wildman–Crippen MR) is 81.5 cm³/mol. The van der Waals surface area contributed by atoms with E-state index in [2.05, 4.69) is 12.3 Å². The number of carbonyl (C=O) groups is 2. The minimum atomic E-state index is -0.531. The zero-order chi connectivity index (χ0) is 15.3. The fourth-order valence-electron chi connectivity index (χ4n) is 1.90. The highest BCUT2D eigenvalue weighted by Crippen LogP contribution is 2.02. The molecule has 0 saturated carbocycles. The molecular weight excluding hydrogens is 268 g/mol. The molecule has 21 heavy (non-hydrogen) atoms. The van der Waals surface area contributed by atoms with Gasteiger partial charge in [0.25, 0.3) is 0 Å². The Balaban J connectivity index is 2.29. The summed E-state index contributed by atoms with van der Waals surface area (Å²) < 4.78 is 5.12. The van der Waals surface area contributed by atoms with Crippen LogP contribution in [0.25, 0.3) is 0 Å². The third-order valence-electron chi connectivity index (χ3n) is 3.04. The van der Waals surface area contributed by atoms with Crippen molar-refractivity contribution in [2.24, 2.45) is 0 Å². The van der Waals surface area contributed by atoms with Crippen LogP contribution in [0.4, 0.5) is 4.79 Å². The number of ether oxygens (including phenoxy) is 1. The first kappa shape index (κ1) is 17.2. The molecular formula is C16H24N2O3. The van der Waals surface area contributed by atoms with Crippen molar-refractivity contribution in [3.63, 3.8) is 0 Å². The molecule has 0 fully saturated rings. The maximum atomic E-state index is 11.7. The van der Waals surface area contributed by atoms with Gasteiger partial charge in [0, 0.05) is 6.54 Å². The lowest BCUT2D eigenvalue weighted by Gasteiger charge is -2.20. The summed E-state index contributed by atoms with van der Waals surface area (Å²) in [5.41, 5.74) is 3.53. The first-order valence-electron chi connectivity index (χ1n) is 7.42. The molecule has 116 valence electrons. The van der Waals surface area contributed by atoms with Gasteiger partial charge in [0.05, 0.1) is 6.54 Å². The Morgan fingerprint density at radius 1 is 1.24 bits per heavy atom. The first-order valence-corrected chi connectivity index (χ1v) is 7.42. The van der Waals surface area contributed by atoms with Gasteiger partial charge in [-0.2, -0.15) is 0 Å². The van der Waals surface area contributed by atoms with E-state index in [1.165, 1.54) is 0 Å². The van der Waals surface area contributed by atoms with Crippen molar-refractivity contribution in [2.75, 3.05) is 13.1 Å². The topological polar surface area (TPSA) is 58.6 Å². The Bertz CT molecular complexity index is 409. The molecule has 0 unspecified atom stereocenters. The molecule has 1 aromatic rings. The molecule has 0 radical (unpaired) electrons. The summed E-state index contributed by atoms with van der Waals surface area (Å²) in [7, 11) is 0. The minimum absolute atomic E-state index is 0.173. The fourth-order valence-corrected chi connectivity index (χ4v) is 1.90. The Hall–Kier alpha value is -1.88. The third kappa shape index (κ3) is 8.09. The summed E-state index contributed by atoms with van der Waals surface area (Å²) in [4.78, 5) is 22.3. The number of aldehydes is 1. The molecule has 0 bridgehead atoms. The van der Waals surface area contributed by atoms with E-state index in [-0.39, 0.29) is 13.2 Å². The van der Waals surface area contributed by atoms with Crippen molar-refractivity contribution < 1.29 is 14.3 Å². The number of benzene rings is 1. The number of hydrazine groups is 1. The zero-order valence-electron chi connectivity index (χ0n) is 12.6. The van der Waals surface area contributed by atoms with Gasteiger partial charge in [0.2, 0.25) is 0 Å². The number of amides is 1. The van der Waals surface area contributed by atoms with Gasteiger partial charge in [-0.1, -0.05) is 56.5 Å². The van der Waals surface area contributed by atoms with Gasteiger partial charge in [-0.05, 0) is 12.0 Å². The number of hydrogen-bond donors (Lipinski definition) is 1. The Labute approximate surface area is 126 Å². The van der Waals surface area contributed by atoms with E-state index in [9.17, 15) is 9.59 Å². The molecule has 1 N–H and O–H groups in total. The van der Waals surface area contributed by atoms with Crippen molar-refractivity contribution in [1.29, 1.82) is 0 Å². The number of unbranched alkanes of at least 4 members (excludes halogenated alkanes) is 3. The number of nitrogens with zero attached hydrogens (tertiary/aromatic N) is 1. The Kier molecular flexibility index (Phi) is 8.88. The number of carbonyl (C=O) groups excluding carboxylic acids is 2. The smallest absolute Gasteiger partial charge is 0.422 e. The van der Waals surface area contributed by atoms with Crippen LogP contribution >= 0.6 is 0 Å². The molecule has 0 atom stereocenters. The van der Waals surface area contributed by atoms with Crippen molar-refractivity contribution in [2.45, 2.75) is 39.2 Å². The van der Waals surface area contributed by atoms with E-state index < -0.39 is 6.09 Å². The lowest BCUT2D eigenvalue weighted by Crippen LogP contribution is -2.44. The minimum Gasteiger partial charge on any atom is -0.444 e. The van der Waals surface area contributed by atoms with E-state index in [1.807, 2.05) is 30.3 Å². The average molecular weight is 292 g/mol. The summed E-state index contributed by atoms with van der Waals surface area (Å²) in [6.07, 6.45) is 4.59. The van der Waals surface area contributed by atoms with Crippen LogP contribution in [0.5, 0.6) is 0 Å². The van der Waals surface area contributed by atoms with E-state index in [0.29, 0.717) is 6.54 Å². The zero-order valence-corrected chi connectivity index (χ0v) is 12.6. The van der Waals surface area contributed by atoms with Crippen molar-refractivity contribution in [3.8, 4) is 0 Å². The molecule has 0 aliphatic heterocycles. The van der Waals surface area contributed by atoms with E-state index >= 15 is 0 Å². The molecule has 5 nitrogen and oxygen atoms in total. The van der Waals surface area contributed by atoms with Crippen molar-refractivity contribution >= 4 is 12.4 Å². The van der Waals surface area contributed by atoms with Crippen molar-refractivity contribution in [1.82, 2.24) is 10.4 Å². The maximum Gasteiger partial charge on any atom is 0.422 e. The summed E-state index contributed by atoms with van der Waals surface area (Å²) in [6, 6.07) is 9.47. The molecule has 0 aliphatic rings. The highest BCUT2D eigenvalue weighted by atomic mass is 16.6. The highest BCUT2D eigenvalue weighted by molar-refractivity contribution is 5.67. The second-order valence-corrected chi connectivity index (χ2v) is 4.85. The van der Waals surface area contributed by atoms with Gasteiger partial charge in [0.15, 0.2) is 0 Å². The van der Waals surface area contributed by atoms with Gasteiger partial charge in [-0.15, -0.1) is 0 Å². The molecule has 0 aliphatic carbocycles. The SMILES string of the molecule is CCCCCCN(CC=O)NC(=O)OCc1ccccc1. The van der Waals surface area contributed by atoms with Gasteiger partial charge < -0.3 is 9.53 Å². The van der Waals surface area contributed by atoms with Crippen LogP contribution in [0, 0.1) is 0 Å². The van der Waals surface area contributed by atoms with Crippen LogP contribution in [-0.4, -0.2) is 30.5 Å². The number of rotatable bonds is 10. The lowest BCUT2D eigenvalue weighted by molar-refractivity contribution is -0.109. The molecule has 5 heteroatoms. The molecule has 0 aromatic heterocycles. The monoisotopic (exact) mass is 292 g/mol. The van der Waals surface area contributed by atoms with Crippen molar-refractivity contribution in [3.05, 3.63) is 35.9 Å². The summed E-state index contributed by atoms with van der Waals surface area (Å²) in [5, 5.41) is 1.59. The van der Waals surface area contributed by atoms with E-state index in [4.69, 9.17) is 4.74 Å². The summed E-state index contributed by atoms with van der Waals surface area (Å²) in [5.74, 6) is 0. The van der Waals surface area contributed by atoms with Crippen LogP contribution in [0.3, 0.4) is 0 Å². The van der Waals surface area contributed by atoms with Crippen LogP contribution in [0.15, 0.2) is 30.3 Å². The number of hydrogen-bond acceptors (Lipinski definition) is 4. The van der Waals surface area contributed by atoms with Crippen LogP contribution in [-0.2, 0) is 16.1 Å². The van der Waals surface area contributed by atoms with Gasteiger partial charge in [-0.3, -0.25) is 5.43 Å². The normalized spacial score (nSPS) is 10.4. The highest BCUT2D eigenvalue weighted by Gasteiger charge is 2.09. The van der Waals surface area contributed by atoms with Gasteiger partial charge >= 0.3 is 6.09 Å². The Morgan fingerprint density at radius 2 is 2.00 bits per heavy atom. The average Bonchev–Trinajstić information content (AvgIpc) is 2.51. The maximum absolute atomic E-state index is 11.7. The number of nitrogens with one attached hydrogen (secondary N) is 1. The van der Waals surface area contributed by atoms with Crippen LogP contribution in [0.1, 0.15) is 38.2 Å². The molecule has 1 rings (SSSR count). The molecule has 1 aromatic carbocycles. The van der Waals surface area contributed by atoms with Gasteiger partial charge in [-0.25, -0.2) is 9.80 Å². The molecule has 0 saturated heterocycles.